The molecule has 0 aliphatic carbocycles. The lowest BCUT2D eigenvalue weighted by atomic mass is 10.1. The molecule has 0 aliphatic heterocycles. The number of halogens is 1. The quantitative estimate of drug-likeness (QED) is 0.583. The van der Waals surface area contributed by atoms with Gasteiger partial charge in [-0.3, -0.25) is 0 Å². The molecule has 0 aliphatic rings. The van der Waals surface area contributed by atoms with E-state index in [0.29, 0.717) is 0 Å². The van der Waals surface area contributed by atoms with Crippen molar-refractivity contribution in [3.05, 3.63) is 34.0 Å². The van der Waals surface area contributed by atoms with Crippen LogP contribution in [-0.4, -0.2) is 10.6 Å². The van der Waals surface area contributed by atoms with E-state index in [1.54, 1.807) is 0 Å². The van der Waals surface area contributed by atoms with Crippen molar-refractivity contribution >= 4 is 33.4 Å². The van der Waals surface area contributed by atoms with Crippen molar-refractivity contribution in [1.82, 2.24) is 4.98 Å². The van der Waals surface area contributed by atoms with Gasteiger partial charge in [0.25, 0.3) is 0 Å². The van der Waals surface area contributed by atoms with Crippen LogP contribution in [0.5, 0.6) is 5.88 Å². The third kappa shape index (κ3) is 2.64. The van der Waals surface area contributed by atoms with Crippen molar-refractivity contribution in [2.75, 3.05) is 0 Å². The van der Waals surface area contributed by atoms with Crippen LogP contribution in [0.3, 0.4) is 0 Å². The van der Waals surface area contributed by atoms with Crippen LogP contribution >= 0.6 is 22.6 Å². The monoisotopic (exact) mass is 327 g/mol. The van der Waals surface area contributed by atoms with E-state index in [4.69, 9.17) is 4.74 Å². The zero-order valence-electron chi connectivity index (χ0n) is 9.62. The maximum Gasteiger partial charge on any atom is 0.222 e. The Hall–Kier alpha value is -0.840. The molecule has 0 fully saturated rings. The summed E-state index contributed by atoms with van der Waals surface area (Å²) in [7, 11) is 0. The number of nitrogens with zero attached hydrogens (tertiary/aromatic N) is 1. The maximum atomic E-state index is 5.88. The summed E-state index contributed by atoms with van der Waals surface area (Å²) in [5, 5.41) is 2.24. The van der Waals surface area contributed by atoms with E-state index in [0.717, 1.165) is 15.0 Å². The van der Waals surface area contributed by atoms with Crippen molar-refractivity contribution < 1.29 is 4.74 Å². The predicted molar refractivity (Wildman–Crippen MR) is 74.8 cm³/mol. The number of benzene rings is 1. The van der Waals surface area contributed by atoms with Crippen molar-refractivity contribution in [2.45, 2.75) is 26.4 Å². The van der Waals surface area contributed by atoms with E-state index in [9.17, 15) is 0 Å². The summed E-state index contributed by atoms with van der Waals surface area (Å²) in [6.45, 7) is 6.09. The molecule has 0 N–H and O–H groups in total. The fourth-order valence-corrected chi connectivity index (χ4v) is 2.06. The predicted octanol–water partition coefficient (Wildman–Crippen LogP) is 4.02. The highest BCUT2D eigenvalue weighted by Crippen LogP contribution is 2.27. The van der Waals surface area contributed by atoms with Crippen LogP contribution in [0.2, 0.25) is 0 Å². The molecule has 0 saturated heterocycles. The number of hydrogen-bond donors (Lipinski definition) is 0. The summed E-state index contributed by atoms with van der Waals surface area (Å²) in [6.07, 6.45) is 0. The molecular formula is C13H14INO. The highest BCUT2D eigenvalue weighted by molar-refractivity contribution is 14.1. The molecule has 0 unspecified atom stereocenters. The summed E-state index contributed by atoms with van der Waals surface area (Å²) < 4.78 is 6.83. The van der Waals surface area contributed by atoms with Crippen LogP contribution in [0.4, 0.5) is 0 Å². The average molecular weight is 327 g/mol. The van der Waals surface area contributed by atoms with Crippen molar-refractivity contribution in [3.63, 3.8) is 0 Å². The van der Waals surface area contributed by atoms with Crippen LogP contribution in [0, 0.1) is 3.70 Å². The van der Waals surface area contributed by atoms with E-state index < -0.39 is 0 Å². The van der Waals surface area contributed by atoms with Gasteiger partial charge in [-0.1, -0.05) is 18.2 Å². The second kappa shape index (κ2) is 4.20. The number of ether oxygens (including phenoxy) is 1. The molecule has 1 heterocycles. The summed E-state index contributed by atoms with van der Waals surface area (Å²) in [4.78, 5) is 4.45. The van der Waals surface area contributed by atoms with E-state index in [2.05, 4.69) is 39.7 Å². The summed E-state index contributed by atoms with van der Waals surface area (Å²) in [5.74, 6) is 0.718. The first kappa shape index (κ1) is 11.6. The highest BCUT2D eigenvalue weighted by Gasteiger charge is 2.15. The Morgan fingerprint density at radius 2 is 1.88 bits per heavy atom. The Morgan fingerprint density at radius 3 is 2.56 bits per heavy atom. The summed E-state index contributed by atoms with van der Waals surface area (Å²) >= 11 is 2.21. The van der Waals surface area contributed by atoms with Crippen LogP contribution in [0.15, 0.2) is 30.3 Å². The first-order chi connectivity index (χ1) is 7.46. The molecule has 2 nitrogen and oxygen atoms in total. The lowest BCUT2D eigenvalue weighted by molar-refractivity contribution is 0.126. The van der Waals surface area contributed by atoms with Gasteiger partial charge in [0.15, 0.2) is 0 Å². The summed E-state index contributed by atoms with van der Waals surface area (Å²) in [6, 6.07) is 10.2. The van der Waals surface area contributed by atoms with E-state index in [1.165, 1.54) is 5.39 Å². The molecule has 0 saturated carbocycles. The first-order valence-electron chi connectivity index (χ1n) is 5.20. The van der Waals surface area contributed by atoms with Crippen LogP contribution in [0.1, 0.15) is 20.8 Å². The van der Waals surface area contributed by atoms with Crippen molar-refractivity contribution in [2.24, 2.45) is 0 Å². The smallest absolute Gasteiger partial charge is 0.222 e. The molecule has 0 atom stereocenters. The Balaban J connectivity index is 2.59. The maximum absolute atomic E-state index is 5.88. The number of pyridine rings is 1. The third-order valence-corrected chi connectivity index (χ3v) is 2.63. The molecule has 3 heteroatoms. The summed E-state index contributed by atoms with van der Waals surface area (Å²) in [5.41, 5.74) is -0.222. The zero-order chi connectivity index (χ0) is 11.8. The van der Waals surface area contributed by atoms with Gasteiger partial charge in [-0.05, 0) is 60.9 Å². The van der Waals surface area contributed by atoms with Gasteiger partial charge in [-0.15, -0.1) is 0 Å². The lowest BCUT2D eigenvalue weighted by Crippen LogP contribution is -2.23. The lowest BCUT2D eigenvalue weighted by Gasteiger charge is -2.21. The van der Waals surface area contributed by atoms with E-state index in [1.807, 2.05) is 39.0 Å². The average Bonchev–Trinajstić information content (AvgIpc) is 2.14. The molecule has 0 spiro atoms. The number of fused-ring (bicyclic) bond motifs is 1. The van der Waals surface area contributed by atoms with Crippen molar-refractivity contribution in [3.8, 4) is 5.88 Å². The van der Waals surface area contributed by atoms with E-state index in [-0.39, 0.29) is 5.60 Å². The normalized spacial score (nSPS) is 11.8. The topological polar surface area (TPSA) is 22.1 Å². The molecule has 0 radical (unpaired) electrons. The van der Waals surface area contributed by atoms with Gasteiger partial charge in [-0.25, -0.2) is 4.98 Å². The van der Waals surface area contributed by atoms with Gasteiger partial charge in [0.05, 0.1) is 0 Å². The van der Waals surface area contributed by atoms with Crippen LogP contribution < -0.4 is 4.74 Å². The fourth-order valence-electron chi connectivity index (χ4n) is 1.50. The van der Waals surface area contributed by atoms with Gasteiger partial charge in [0, 0.05) is 5.39 Å². The highest BCUT2D eigenvalue weighted by atomic mass is 127. The number of hydrogen-bond acceptors (Lipinski definition) is 2. The molecule has 2 aromatic rings. The molecule has 1 aromatic heterocycles. The van der Waals surface area contributed by atoms with Gasteiger partial charge < -0.3 is 4.74 Å². The number of aromatic nitrogens is 1. The fraction of sp³-hybridized carbons (Fsp3) is 0.308. The second-order valence-corrected chi connectivity index (χ2v) is 5.79. The largest absolute Gasteiger partial charge is 0.471 e. The number of rotatable bonds is 1. The van der Waals surface area contributed by atoms with Crippen LogP contribution in [0.25, 0.3) is 10.8 Å². The molecular weight excluding hydrogens is 313 g/mol. The van der Waals surface area contributed by atoms with Gasteiger partial charge >= 0.3 is 0 Å². The SMILES string of the molecule is CC(C)(C)Oc1nc(I)cc2ccccc12. The molecule has 84 valence electrons. The first-order valence-corrected chi connectivity index (χ1v) is 6.28. The minimum Gasteiger partial charge on any atom is -0.471 e. The Labute approximate surface area is 109 Å². The van der Waals surface area contributed by atoms with Gasteiger partial charge in [0.2, 0.25) is 5.88 Å². The second-order valence-electron chi connectivity index (χ2n) is 4.69. The molecule has 2 rings (SSSR count). The molecule has 16 heavy (non-hydrogen) atoms. The Bertz CT molecular complexity index is 517. The Kier molecular flexibility index (Phi) is 3.06. The minimum atomic E-state index is -0.222. The van der Waals surface area contributed by atoms with Gasteiger partial charge in [-0.2, -0.15) is 0 Å². The zero-order valence-corrected chi connectivity index (χ0v) is 11.8. The van der Waals surface area contributed by atoms with E-state index >= 15 is 0 Å². The standard InChI is InChI=1S/C13H14INO/c1-13(2,3)16-12-10-7-5-4-6-9(10)8-11(14)15-12/h4-8H,1-3H3. The third-order valence-electron chi connectivity index (χ3n) is 2.08. The van der Waals surface area contributed by atoms with Crippen molar-refractivity contribution in [1.29, 1.82) is 0 Å². The molecule has 1 aromatic carbocycles. The van der Waals surface area contributed by atoms with Gasteiger partial charge in [0.1, 0.15) is 9.30 Å². The minimum absolute atomic E-state index is 0.222. The Morgan fingerprint density at radius 1 is 1.19 bits per heavy atom. The van der Waals surface area contributed by atoms with Crippen LogP contribution in [-0.2, 0) is 0 Å². The molecule has 0 bridgehead atoms. The molecule has 0 amide bonds.